The van der Waals surface area contributed by atoms with Gasteiger partial charge in [0.15, 0.2) is 6.10 Å². The van der Waals surface area contributed by atoms with E-state index in [0.29, 0.717) is 19.3 Å². The third-order valence-electron chi connectivity index (χ3n) is 12.9. The van der Waals surface area contributed by atoms with Gasteiger partial charge in [0, 0.05) is 19.3 Å². The lowest BCUT2D eigenvalue weighted by molar-refractivity contribution is -0.167. The van der Waals surface area contributed by atoms with Crippen LogP contribution in [0.25, 0.3) is 0 Å². The lowest BCUT2D eigenvalue weighted by atomic mass is 10.1. The van der Waals surface area contributed by atoms with E-state index in [0.717, 1.165) is 122 Å². The minimum atomic E-state index is -0.792. The summed E-state index contributed by atoms with van der Waals surface area (Å²) in [7, 11) is 0. The molecule has 408 valence electrons. The Labute approximate surface area is 439 Å². The first-order valence-electron chi connectivity index (χ1n) is 30.1. The minimum absolute atomic E-state index is 0.0885. The van der Waals surface area contributed by atoms with Crippen LogP contribution in [0.4, 0.5) is 0 Å². The molecule has 71 heavy (non-hydrogen) atoms. The molecule has 0 aromatic heterocycles. The molecule has 0 aromatic carbocycles. The van der Waals surface area contributed by atoms with Crippen LogP contribution < -0.4 is 0 Å². The van der Waals surface area contributed by atoms with Gasteiger partial charge in [0.25, 0.3) is 0 Å². The normalized spacial score (nSPS) is 12.7. The molecule has 6 heteroatoms. The SMILES string of the molecule is CC/C=C\C/C=C\C/C=C\C/C=C\CCCCCCCCCCC(=O)OCC(COC(=O)CCCCCCC/C=C\CCCCCCCCC)OC(=O)CCCCCCC/C=C\C/C=C\CCCCCC. The zero-order valence-electron chi connectivity index (χ0n) is 46.7. The molecular weight excluding hydrogens is 877 g/mol. The fraction of sp³-hybridized carbons (Fsp3) is 0.738. The molecule has 0 radical (unpaired) electrons. The van der Waals surface area contributed by atoms with Crippen LogP contribution in [0, 0.1) is 0 Å². The number of esters is 3. The Morgan fingerprint density at radius 2 is 0.549 bits per heavy atom. The van der Waals surface area contributed by atoms with Gasteiger partial charge in [-0.2, -0.15) is 0 Å². The van der Waals surface area contributed by atoms with Gasteiger partial charge < -0.3 is 14.2 Å². The summed E-state index contributed by atoms with van der Waals surface area (Å²) in [5.41, 5.74) is 0. The Morgan fingerprint density at radius 3 is 0.887 bits per heavy atom. The van der Waals surface area contributed by atoms with Crippen LogP contribution in [0.2, 0.25) is 0 Å². The van der Waals surface area contributed by atoms with Gasteiger partial charge in [-0.25, -0.2) is 0 Å². The molecule has 1 atom stereocenters. The van der Waals surface area contributed by atoms with Gasteiger partial charge in [-0.1, -0.05) is 241 Å². The number of carbonyl (C=O) groups is 3. The molecule has 0 aliphatic carbocycles. The standard InChI is InChI=1S/C65H112O6/c1-4-7-10-13-16-19-22-25-28-31-32-33-34-35-38-40-43-46-49-52-55-58-64(67)70-61-62(71-65(68)59-56-53-50-47-44-41-37-30-27-24-21-18-15-12-9-6-3)60-69-63(66)57-54-51-48-45-42-39-36-29-26-23-20-17-14-11-8-5-2/h7,10,16,19,21,24-25,28-30,32-33,36-37,62H,4-6,8-9,11-15,17-18,20,22-23,26-27,31,34-35,38-61H2,1-3H3/b10-7-,19-16-,24-21-,28-25-,33-32-,36-29-,37-30-. The topological polar surface area (TPSA) is 78.9 Å². The van der Waals surface area contributed by atoms with E-state index in [4.69, 9.17) is 14.2 Å². The maximum atomic E-state index is 12.9. The zero-order valence-corrected chi connectivity index (χ0v) is 46.7. The van der Waals surface area contributed by atoms with Gasteiger partial charge in [-0.05, 0) is 116 Å². The highest BCUT2D eigenvalue weighted by Gasteiger charge is 2.19. The molecule has 0 spiro atoms. The number of allylic oxidation sites excluding steroid dienone is 14. The Bertz CT molecular complexity index is 1370. The van der Waals surface area contributed by atoms with E-state index in [1.165, 1.54) is 128 Å². The van der Waals surface area contributed by atoms with Gasteiger partial charge in [-0.15, -0.1) is 0 Å². The van der Waals surface area contributed by atoms with Crippen molar-refractivity contribution in [2.24, 2.45) is 0 Å². The Kier molecular flexibility index (Phi) is 56.3. The minimum Gasteiger partial charge on any atom is -0.462 e. The first-order chi connectivity index (χ1) is 35.0. The number of unbranched alkanes of at least 4 members (excludes halogenated alkanes) is 29. The number of hydrogen-bond acceptors (Lipinski definition) is 6. The fourth-order valence-electron chi connectivity index (χ4n) is 8.34. The summed E-state index contributed by atoms with van der Waals surface area (Å²) in [6.07, 6.45) is 77.1. The van der Waals surface area contributed by atoms with Gasteiger partial charge in [0.2, 0.25) is 0 Å². The average molecular weight is 990 g/mol. The molecule has 0 saturated heterocycles. The van der Waals surface area contributed by atoms with E-state index in [1.807, 2.05) is 0 Å². The van der Waals surface area contributed by atoms with Crippen molar-refractivity contribution in [3.05, 3.63) is 85.1 Å². The van der Waals surface area contributed by atoms with Crippen LogP contribution >= 0.6 is 0 Å². The molecule has 0 rings (SSSR count). The molecule has 0 fully saturated rings. The molecule has 0 aliphatic heterocycles. The maximum Gasteiger partial charge on any atom is 0.306 e. The van der Waals surface area contributed by atoms with Crippen molar-refractivity contribution < 1.29 is 28.6 Å². The van der Waals surface area contributed by atoms with Crippen LogP contribution in [0.3, 0.4) is 0 Å². The highest BCUT2D eigenvalue weighted by Crippen LogP contribution is 2.15. The van der Waals surface area contributed by atoms with E-state index < -0.39 is 6.10 Å². The summed E-state index contributed by atoms with van der Waals surface area (Å²) in [4.78, 5) is 38.2. The highest BCUT2D eigenvalue weighted by molar-refractivity contribution is 5.71. The van der Waals surface area contributed by atoms with Crippen molar-refractivity contribution in [1.29, 1.82) is 0 Å². The molecule has 0 N–H and O–H groups in total. The third kappa shape index (κ3) is 57.4. The van der Waals surface area contributed by atoms with Gasteiger partial charge >= 0.3 is 17.9 Å². The Balaban J connectivity index is 4.41. The van der Waals surface area contributed by atoms with Gasteiger partial charge in [0.1, 0.15) is 13.2 Å². The molecular formula is C65H112O6. The monoisotopic (exact) mass is 989 g/mol. The second-order valence-electron chi connectivity index (χ2n) is 19.9. The summed E-state index contributed by atoms with van der Waals surface area (Å²) < 4.78 is 16.9. The van der Waals surface area contributed by atoms with Crippen molar-refractivity contribution in [3.63, 3.8) is 0 Å². The second-order valence-corrected chi connectivity index (χ2v) is 19.9. The molecule has 0 aromatic rings. The molecule has 0 heterocycles. The predicted octanol–water partition coefficient (Wildman–Crippen LogP) is 20.3. The zero-order chi connectivity index (χ0) is 51.4. The molecule has 0 saturated carbocycles. The summed E-state index contributed by atoms with van der Waals surface area (Å²) in [5.74, 6) is -0.910. The molecule has 0 amide bonds. The maximum absolute atomic E-state index is 12.9. The lowest BCUT2D eigenvalue weighted by Crippen LogP contribution is -2.30. The van der Waals surface area contributed by atoms with E-state index >= 15 is 0 Å². The smallest absolute Gasteiger partial charge is 0.306 e. The second kappa shape index (κ2) is 59.2. The van der Waals surface area contributed by atoms with Crippen LogP contribution in [-0.2, 0) is 28.6 Å². The largest absolute Gasteiger partial charge is 0.462 e. The van der Waals surface area contributed by atoms with Gasteiger partial charge in [0.05, 0.1) is 0 Å². The number of hydrogen-bond donors (Lipinski definition) is 0. The van der Waals surface area contributed by atoms with Crippen LogP contribution in [0.15, 0.2) is 85.1 Å². The number of carbonyl (C=O) groups excluding carboxylic acids is 3. The molecule has 6 nitrogen and oxygen atoms in total. The fourth-order valence-corrected chi connectivity index (χ4v) is 8.34. The predicted molar refractivity (Wildman–Crippen MR) is 307 cm³/mol. The summed E-state index contributed by atoms with van der Waals surface area (Å²) in [6.45, 7) is 6.50. The van der Waals surface area contributed by atoms with Crippen molar-refractivity contribution in [2.75, 3.05) is 13.2 Å². The Morgan fingerprint density at radius 1 is 0.296 bits per heavy atom. The first kappa shape index (κ1) is 67.6. The van der Waals surface area contributed by atoms with Crippen LogP contribution in [0.1, 0.15) is 290 Å². The van der Waals surface area contributed by atoms with E-state index in [2.05, 4.69) is 106 Å². The number of rotatable bonds is 54. The quantitative estimate of drug-likeness (QED) is 0.0261. The third-order valence-corrected chi connectivity index (χ3v) is 12.9. The van der Waals surface area contributed by atoms with Crippen LogP contribution in [-0.4, -0.2) is 37.2 Å². The summed E-state index contributed by atoms with van der Waals surface area (Å²) >= 11 is 0. The highest BCUT2D eigenvalue weighted by atomic mass is 16.6. The van der Waals surface area contributed by atoms with E-state index in [-0.39, 0.29) is 31.1 Å². The number of ether oxygens (including phenoxy) is 3. The van der Waals surface area contributed by atoms with Crippen LogP contribution in [0.5, 0.6) is 0 Å². The van der Waals surface area contributed by atoms with Crippen molar-refractivity contribution >= 4 is 17.9 Å². The van der Waals surface area contributed by atoms with Crippen molar-refractivity contribution in [1.82, 2.24) is 0 Å². The molecule has 0 bridgehead atoms. The summed E-state index contributed by atoms with van der Waals surface area (Å²) in [6, 6.07) is 0. The molecule has 0 aliphatic rings. The first-order valence-corrected chi connectivity index (χ1v) is 30.1. The lowest BCUT2D eigenvalue weighted by Gasteiger charge is -2.18. The summed E-state index contributed by atoms with van der Waals surface area (Å²) in [5, 5.41) is 0. The van der Waals surface area contributed by atoms with Crippen molar-refractivity contribution in [2.45, 2.75) is 297 Å². The van der Waals surface area contributed by atoms with E-state index in [9.17, 15) is 14.4 Å². The average Bonchev–Trinajstić information content (AvgIpc) is 3.37. The van der Waals surface area contributed by atoms with E-state index in [1.54, 1.807) is 0 Å². The molecule has 1 unspecified atom stereocenters. The van der Waals surface area contributed by atoms with Crippen molar-refractivity contribution in [3.8, 4) is 0 Å². The van der Waals surface area contributed by atoms with Gasteiger partial charge in [-0.3, -0.25) is 14.4 Å². The Hall–Kier alpha value is -3.41.